The molecule has 0 radical (unpaired) electrons. The van der Waals surface area contributed by atoms with Crippen molar-refractivity contribution in [1.82, 2.24) is 0 Å². The van der Waals surface area contributed by atoms with Crippen LogP contribution in [0.15, 0.2) is 44.9 Å². The molecule has 4 heteroatoms. The molecule has 0 unspecified atom stereocenters. The van der Waals surface area contributed by atoms with Crippen LogP contribution in [-0.2, 0) is 0 Å². The molecule has 0 spiro atoms. The van der Waals surface area contributed by atoms with Crippen LogP contribution in [0.5, 0.6) is 5.75 Å². The van der Waals surface area contributed by atoms with E-state index >= 15 is 0 Å². The molecule has 0 amide bonds. The highest BCUT2D eigenvalue weighted by molar-refractivity contribution is 7.13. The molecule has 3 aromatic rings. The Balaban J connectivity index is 2.42. The Bertz CT molecular complexity index is 783. The van der Waals surface area contributed by atoms with Crippen LogP contribution in [-0.4, -0.2) is 5.11 Å². The van der Waals surface area contributed by atoms with Crippen molar-refractivity contribution in [3.63, 3.8) is 0 Å². The van der Waals surface area contributed by atoms with Gasteiger partial charge in [-0.15, -0.1) is 11.3 Å². The lowest BCUT2D eigenvalue weighted by molar-refractivity contribution is 0.473. The minimum atomic E-state index is -0.407. The number of hydrogen-bond acceptors (Lipinski definition) is 4. The second kappa shape index (κ2) is 3.99. The molecule has 2 heterocycles. The molecule has 1 aromatic carbocycles. The lowest BCUT2D eigenvalue weighted by Gasteiger charge is -2.04. The predicted molar refractivity (Wildman–Crippen MR) is 72.2 cm³/mol. The second-order valence-electron chi connectivity index (χ2n) is 4.09. The lowest BCUT2D eigenvalue weighted by atomic mass is 10.1. The van der Waals surface area contributed by atoms with E-state index in [-0.39, 0.29) is 5.75 Å². The van der Waals surface area contributed by atoms with E-state index in [4.69, 9.17) is 4.42 Å². The SMILES string of the molecule is Cc1ccsc1-c1cc(=O)oc2cc(O)ccc12. The highest BCUT2D eigenvalue weighted by Gasteiger charge is 2.11. The molecule has 0 bridgehead atoms. The molecule has 0 saturated heterocycles. The zero-order valence-corrected chi connectivity index (χ0v) is 10.5. The first-order chi connectivity index (χ1) is 8.65. The fourth-order valence-electron chi connectivity index (χ4n) is 1.99. The van der Waals surface area contributed by atoms with E-state index in [2.05, 4.69) is 0 Å². The highest BCUT2D eigenvalue weighted by Crippen LogP contribution is 2.34. The molecule has 0 aliphatic rings. The third kappa shape index (κ3) is 1.71. The zero-order valence-electron chi connectivity index (χ0n) is 9.64. The van der Waals surface area contributed by atoms with Gasteiger partial charge in [0.15, 0.2) is 0 Å². The average molecular weight is 258 g/mol. The maximum absolute atomic E-state index is 11.6. The minimum Gasteiger partial charge on any atom is -0.508 e. The van der Waals surface area contributed by atoms with Gasteiger partial charge in [-0.05, 0) is 36.1 Å². The number of rotatable bonds is 1. The van der Waals surface area contributed by atoms with Crippen molar-refractivity contribution in [3.8, 4) is 16.2 Å². The summed E-state index contributed by atoms with van der Waals surface area (Å²) >= 11 is 1.59. The number of fused-ring (bicyclic) bond motifs is 1. The van der Waals surface area contributed by atoms with E-state index in [1.54, 1.807) is 23.5 Å². The first-order valence-electron chi connectivity index (χ1n) is 5.46. The lowest BCUT2D eigenvalue weighted by Crippen LogP contribution is -1.97. The van der Waals surface area contributed by atoms with Gasteiger partial charge in [0.1, 0.15) is 11.3 Å². The Morgan fingerprint density at radius 1 is 1.22 bits per heavy atom. The smallest absolute Gasteiger partial charge is 0.336 e. The number of phenols is 1. The first-order valence-corrected chi connectivity index (χ1v) is 6.34. The first kappa shape index (κ1) is 11.0. The molecule has 3 rings (SSSR count). The van der Waals surface area contributed by atoms with Crippen LogP contribution >= 0.6 is 11.3 Å². The van der Waals surface area contributed by atoms with Gasteiger partial charge in [0.05, 0.1) is 0 Å². The normalized spacial score (nSPS) is 10.9. The predicted octanol–water partition coefficient (Wildman–Crippen LogP) is 3.54. The summed E-state index contributed by atoms with van der Waals surface area (Å²) in [5, 5.41) is 12.3. The van der Waals surface area contributed by atoms with Gasteiger partial charge in [-0.3, -0.25) is 0 Å². The van der Waals surface area contributed by atoms with E-state index in [0.717, 1.165) is 21.4 Å². The van der Waals surface area contributed by atoms with Crippen molar-refractivity contribution in [2.24, 2.45) is 0 Å². The third-order valence-corrected chi connectivity index (χ3v) is 3.88. The maximum Gasteiger partial charge on any atom is 0.336 e. The fraction of sp³-hybridized carbons (Fsp3) is 0.0714. The number of benzene rings is 1. The molecule has 1 N–H and O–H groups in total. The van der Waals surface area contributed by atoms with E-state index in [1.165, 1.54) is 12.1 Å². The summed E-state index contributed by atoms with van der Waals surface area (Å²) in [4.78, 5) is 12.6. The standard InChI is InChI=1S/C14H10O3S/c1-8-4-5-18-14(8)11-7-13(16)17-12-6-9(15)2-3-10(11)12/h2-7,15H,1H3. The van der Waals surface area contributed by atoms with Crippen LogP contribution in [0.2, 0.25) is 0 Å². The highest BCUT2D eigenvalue weighted by atomic mass is 32.1. The van der Waals surface area contributed by atoms with Crippen LogP contribution in [0.1, 0.15) is 5.56 Å². The monoisotopic (exact) mass is 258 g/mol. The molecule has 18 heavy (non-hydrogen) atoms. The zero-order chi connectivity index (χ0) is 12.7. The summed E-state index contributed by atoms with van der Waals surface area (Å²) in [5.74, 6) is 0.0886. The van der Waals surface area contributed by atoms with Gasteiger partial charge < -0.3 is 9.52 Å². The van der Waals surface area contributed by atoms with Gasteiger partial charge in [0.2, 0.25) is 0 Å². The molecule has 0 aliphatic carbocycles. The van der Waals surface area contributed by atoms with Crippen LogP contribution in [0.3, 0.4) is 0 Å². The van der Waals surface area contributed by atoms with Crippen molar-refractivity contribution in [2.45, 2.75) is 6.92 Å². The van der Waals surface area contributed by atoms with Gasteiger partial charge in [-0.2, -0.15) is 0 Å². The average Bonchev–Trinajstić information content (AvgIpc) is 2.73. The van der Waals surface area contributed by atoms with Crippen LogP contribution in [0.25, 0.3) is 21.4 Å². The molecule has 90 valence electrons. The van der Waals surface area contributed by atoms with E-state index in [1.807, 2.05) is 18.4 Å². The van der Waals surface area contributed by atoms with Gasteiger partial charge in [-0.1, -0.05) is 0 Å². The summed E-state index contributed by atoms with van der Waals surface area (Å²) in [6.07, 6.45) is 0. The van der Waals surface area contributed by atoms with Crippen molar-refractivity contribution >= 4 is 22.3 Å². The quantitative estimate of drug-likeness (QED) is 0.679. The largest absolute Gasteiger partial charge is 0.508 e. The van der Waals surface area contributed by atoms with Crippen molar-refractivity contribution in [2.75, 3.05) is 0 Å². The second-order valence-corrected chi connectivity index (χ2v) is 5.01. The number of aromatic hydroxyl groups is 1. The Labute approximate surface area is 107 Å². The Kier molecular flexibility index (Phi) is 2.45. The van der Waals surface area contributed by atoms with E-state index in [9.17, 15) is 9.90 Å². The van der Waals surface area contributed by atoms with Gasteiger partial charge in [0, 0.05) is 28.0 Å². The van der Waals surface area contributed by atoms with Gasteiger partial charge >= 0.3 is 5.63 Å². The number of thiophene rings is 1. The van der Waals surface area contributed by atoms with Crippen molar-refractivity contribution in [1.29, 1.82) is 0 Å². The summed E-state index contributed by atoms with van der Waals surface area (Å²) < 4.78 is 5.11. The topological polar surface area (TPSA) is 50.4 Å². The molecular formula is C14H10O3S. The summed E-state index contributed by atoms with van der Waals surface area (Å²) in [6, 6.07) is 8.33. The molecular weight excluding hydrogens is 248 g/mol. The molecule has 2 aromatic heterocycles. The van der Waals surface area contributed by atoms with E-state index < -0.39 is 5.63 Å². The minimum absolute atomic E-state index is 0.0886. The van der Waals surface area contributed by atoms with Crippen LogP contribution < -0.4 is 5.63 Å². The fourth-order valence-corrected chi connectivity index (χ4v) is 2.95. The van der Waals surface area contributed by atoms with Gasteiger partial charge in [-0.25, -0.2) is 4.79 Å². The number of phenolic OH excluding ortho intramolecular Hbond substituents is 1. The Morgan fingerprint density at radius 2 is 2.06 bits per heavy atom. The molecule has 0 atom stereocenters. The van der Waals surface area contributed by atoms with Crippen molar-refractivity contribution < 1.29 is 9.52 Å². The maximum atomic E-state index is 11.6. The van der Waals surface area contributed by atoms with E-state index in [0.29, 0.717) is 5.58 Å². The Morgan fingerprint density at radius 3 is 2.78 bits per heavy atom. The van der Waals surface area contributed by atoms with Crippen molar-refractivity contribution in [3.05, 3.63) is 51.7 Å². The number of hydrogen-bond donors (Lipinski definition) is 1. The van der Waals surface area contributed by atoms with Crippen LogP contribution in [0, 0.1) is 6.92 Å². The van der Waals surface area contributed by atoms with Crippen LogP contribution in [0.4, 0.5) is 0 Å². The summed E-state index contributed by atoms with van der Waals surface area (Å²) in [7, 11) is 0. The molecule has 0 saturated carbocycles. The summed E-state index contributed by atoms with van der Waals surface area (Å²) in [5.41, 5.74) is 1.98. The third-order valence-electron chi connectivity index (χ3n) is 2.83. The summed E-state index contributed by atoms with van der Waals surface area (Å²) in [6.45, 7) is 2.01. The molecule has 0 fully saturated rings. The molecule has 0 aliphatic heterocycles. The Hall–Kier alpha value is -2.07. The number of aryl methyl sites for hydroxylation is 1. The molecule has 3 nitrogen and oxygen atoms in total. The van der Waals surface area contributed by atoms with Gasteiger partial charge in [0.25, 0.3) is 0 Å².